The summed E-state index contributed by atoms with van der Waals surface area (Å²) in [5.74, 6) is 0.701. The maximum Gasteiger partial charge on any atom is 0.240 e. The summed E-state index contributed by atoms with van der Waals surface area (Å²) in [6.45, 7) is 4.78. The molecule has 1 heterocycles. The van der Waals surface area contributed by atoms with Crippen LogP contribution in [0.4, 0.5) is 5.69 Å². The maximum atomic E-state index is 5.90. The van der Waals surface area contributed by atoms with Gasteiger partial charge in [0, 0.05) is 18.8 Å². The van der Waals surface area contributed by atoms with Crippen molar-refractivity contribution in [2.24, 2.45) is 0 Å². The Kier molecular flexibility index (Phi) is 10.0. The Morgan fingerprint density at radius 1 is 1.22 bits per heavy atom. The number of fused-ring (bicyclic) bond motifs is 1. The zero-order chi connectivity index (χ0) is 15.2. The molecule has 2 rings (SSSR count). The van der Waals surface area contributed by atoms with Crippen molar-refractivity contribution >= 4 is 41.4 Å². The number of nitrogens with two attached hydrogens (primary N) is 1. The predicted molar refractivity (Wildman–Crippen MR) is 102 cm³/mol. The fraction of sp³-hybridized carbons (Fsp3) is 0.562. The van der Waals surface area contributed by atoms with Gasteiger partial charge in [-0.25, -0.2) is 0 Å². The zero-order valence-electron chi connectivity index (χ0n) is 14.1. The Hall–Kier alpha value is -1.17. The number of rotatable bonds is 8. The summed E-state index contributed by atoms with van der Waals surface area (Å²) >= 11 is 0. The van der Waals surface area contributed by atoms with Gasteiger partial charge in [0.1, 0.15) is 0 Å². The van der Waals surface area contributed by atoms with Crippen LogP contribution in [0.2, 0.25) is 0 Å². The van der Waals surface area contributed by atoms with Crippen LogP contribution in [0, 0.1) is 0 Å². The lowest BCUT2D eigenvalue weighted by molar-refractivity contribution is 0.272. The van der Waals surface area contributed by atoms with Crippen molar-refractivity contribution in [2.45, 2.75) is 32.7 Å². The fourth-order valence-electron chi connectivity index (χ4n) is 2.30. The normalized spacial score (nSPS) is 10.4. The number of hydrogen-bond acceptors (Lipinski definition) is 4. The van der Waals surface area contributed by atoms with Crippen molar-refractivity contribution < 1.29 is 4.74 Å². The first-order valence-electron chi connectivity index (χ1n) is 7.65. The summed E-state index contributed by atoms with van der Waals surface area (Å²) in [7, 11) is 4.13. The third-order valence-corrected chi connectivity index (χ3v) is 3.45. The predicted octanol–water partition coefficient (Wildman–Crippen LogP) is 3.59. The van der Waals surface area contributed by atoms with Crippen LogP contribution in [0.3, 0.4) is 0 Å². The standard InChI is InChI=1S/C16H26N4O.2ClH/c1-4-5-10-20-15-8-7-13(17)12-14(15)16(18-20)21-11-6-9-19(2)3;;/h7-8,12H,4-6,9-11,17H2,1-3H3;2*1H. The highest BCUT2D eigenvalue weighted by Crippen LogP contribution is 2.27. The average Bonchev–Trinajstić information content (AvgIpc) is 2.78. The van der Waals surface area contributed by atoms with Crippen molar-refractivity contribution in [3.63, 3.8) is 0 Å². The lowest BCUT2D eigenvalue weighted by atomic mass is 10.2. The number of unbranched alkanes of at least 4 members (excludes halogenated alkanes) is 1. The Morgan fingerprint density at radius 2 is 1.96 bits per heavy atom. The summed E-state index contributed by atoms with van der Waals surface area (Å²) < 4.78 is 7.90. The van der Waals surface area contributed by atoms with E-state index in [0.29, 0.717) is 12.5 Å². The molecule has 5 nitrogen and oxygen atoms in total. The quantitative estimate of drug-likeness (QED) is 0.575. The third-order valence-electron chi connectivity index (χ3n) is 3.45. The van der Waals surface area contributed by atoms with Gasteiger partial charge in [-0.1, -0.05) is 13.3 Å². The van der Waals surface area contributed by atoms with Gasteiger partial charge in [0.15, 0.2) is 0 Å². The lowest BCUT2D eigenvalue weighted by Gasteiger charge is -2.09. The van der Waals surface area contributed by atoms with Crippen LogP contribution in [0.15, 0.2) is 18.2 Å². The molecule has 0 aliphatic heterocycles. The molecule has 0 aliphatic carbocycles. The van der Waals surface area contributed by atoms with E-state index >= 15 is 0 Å². The topological polar surface area (TPSA) is 56.3 Å². The molecule has 0 saturated heterocycles. The minimum atomic E-state index is 0. The van der Waals surface area contributed by atoms with Crippen LogP contribution in [0.1, 0.15) is 26.2 Å². The van der Waals surface area contributed by atoms with E-state index in [1.54, 1.807) is 0 Å². The van der Waals surface area contributed by atoms with Gasteiger partial charge in [-0.15, -0.1) is 29.9 Å². The van der Waals surface area contributed by atoms with Crippen LogP contribution in [0.25, 0.3) is 10.9 Å². The lowest BCUT2D eigenvalue weighted by Crippen LogP contribution is -2.15. The second-order valence-corrected chi connectivity index (χ2v) is 5.66. The van der Waals surface area contributed by atoms with Crippen molar-refractivity contribution in [1.29, 1.82) is 0 Å². The van der Waals surface area contributed by atoms with Crippen molar-refractivity contribution in [2.75, 3.05) is 33.0 Å². The summed E-state index contributed by atoms with van der Waals surface area (Å²) in [6.07, 6.45) is 3.25. The van der Waals surface area contributed by atoms with E-state index in [2.05, 4.69) is 31.0 Å². The maximum absolute atomic E-state index is 5.90. The summed E-state index contributed by atoms with van der Waals surface area (Å²) in [6, 6.07) is 5.90. The van der Waals surface area contributed by atoms with Crippen LogP contribution < -0.4 is 10.5 Å². The minimum absolute atomic E-state index is 0. The Labute approximate surface area is 151 Å². The largest absolute Gasteiger partial charge is 0.476 e. The van der Waals surface area contributed by atoms with Crippen LogP contribution in [-0.2, 0) is 6.54 Å². The molecule has 0 saturated carbocycles. The first-order valence-corrected chi connectivity index (χ1v) is 7.65. The second-order valence-electron chi connectivity index (χ2n) is 5.66. The molecule has 0 atom stereocenters. The smallest absolute Gasteiger partial charge is 0.240 e. The molecule has 0 spiro atoms. The fourth-order valence-corrected chi connectivity index (χ4v) is 2.30. The second kappa shape index (κ2) is 10.6. The number of aromatic nitrogens is 2. The van der Waals surface area contributed by atoms with Crippen LogP contribution >= 0.6 is 24.8 Å². The highest BCUT2D eigenvalue weighted by molar-refractivity contribution is 5.87. The molecule has 7 heteroatoms. The molecular weight excluding hydrogens is 335 g/mol. The monoisotopic (exact) mass is 362 g/mol. The summed E-state index contributed by atoms with van der Waals surface area (Å²) in [4.78, 5) is 2.15. The first kappa shape index (κ1) is 21.8. The molecular formula is C16H28Cl2N4O. The van der Waals surface area contributed by atoms with E-state index in [9.17, 15) is 0 Å². The molecule has 0 unspecified atom stereocenters. The van der Waals surface area contributed by atoms with Gasteiger partial charge in [0.25, 0.3) is 0 Å². The molecule has 1 aromatic carbocycles. The van der Waals surface area contributed by atoms with Gasteiger partial charge in [-0.2, -0.15) is 0 Å². The van der Waals surface area contributed by atoms with E-state index in [1.165, 1.54) is 0 Å². The van der Waals surface area contributed by atoms with Gasteiger partial charge >= 0.3 is 0 Å². The van der Waals surface area contributed by atoms with E-state index in [4.69, 9.17) is 10.5 Å². The highest BCUT2D eigenvalue weighted by atomic mass is 35.5. The molecule has 1 aromatic heterocycles. The van der Waals surface area contributed by atoms with Crippen molar-refractivity contribution in [1.82, 2.24) is 14.7 Å². The number of anilines is 1. The molecule has 23 heavy (non-hydrogen) atoms. The third kappa shape index (κ3) is 6.09. The number of halogens is 2. The Bertz CT molecular complexity index is 587. The summed E-state index contributed by atoms with van der Waals surface area (Å²) in [5, 5.41) is 5.62. The van der Waals surface area contributed by atoms with Crippen LogP contribution in [0.5, 0.6) is 5.88 Å². The number of benzene rings is 1. The minimum Gasteiger partial charge on any atom is -0.476 e. The highest BCUT2D eigenvalue weighted by Gasteiger charge is 2.11. The molecule has 2 N–H and O–H groups in total. The summed E-state index contributed by atoms with van der Waals surface area (Å²) in [5.41, 5.74) is 7.74. The number of ether oxygens (including phenoxy) is 1. The number of nitrogens with zero attached hydrogens (tertiary/aromatic N) is 3. The zero-order valence-corrected chi connectivity index (χ0v) is 15.8. The molecule has 0 amide bonds. The number of nitrogen functional groups attached to an aromatic ring is 1. The first-order chi connectivity index (χ1) is 10.1. The Morgan fingerprint density at radius 3 is 2.61 bits per heavy atom. The van der Waals surface area contributed by atoms with E-state index in [-0.39, 0.29) is 24.8 Å². The van der Waals surface area contributed by atoms with E-state index in [0.717, 1.165) is 48.9 Å². The molecule has 0 radical (unpaired) electrons. The van der Waals surface area contributed by atoms with Gasteiger partial charge in [0.05, 0.1) is 17.5 Å². The molecule has 0 aliphatic rings. The number of hydrogen-bond donors (Lipinski definition) is 1. The van der Waals surface area contributed by atoms with Gasteiger partial charge < -0.3 is 15.4 Å². The average molecular weight is 363 g/mol. The Balaban J connectivity index is 0.00000242. The van der Waals surface area contributed by atoms with Crippen LogP contribution in [-0.4, -0.2) is 41.9 Å². The SMILES string of the molecule is CCCCn1nc(OCCCN(C)C)c2cc(N)ccc21.Cl.Cl. The number of aryl methyl sites for hydroxylation is 1. The van der Waals surface area contributed by atoms with E-state index < -0.39 is 0 Å². The van der Waals surface area contributed by atoms with Gasteiger partial charge in [-0.05, 0) is 45.1 Å². The molecule has 2 aromatic rings. The van der Waals surface area contributed by atoms with Crippen molar-refractivity contribution in [3.05, 3.63) is 18.2 Å². The molecule has 0 fully saturated rings. The van der Waals surface area contributed by atoms with E-state index in [1.807, 2.05) is 22.9 Å². The van der Waals surface area contributed by atoms with Crippen molar-refractivity contribution in [3.8, 4) is 5.88 Å². The molecule has 0 bridgehead atoms. The van der Waals surface area contributed by atoms with Gasteiger partial charge in [0.2, 0.25) is 5.88 Å². The van der Waals surface area contributed by atoms with Gasteiger partial charge in [-0.3, -0.25) is 4.68 Å². The molecule has 132 valence electrons.